The average Bonchev–Trinajstić information content (AvgIpc) is 2.72. The summed E-state index contributed by atoms with van der Waals surface area (Å²) < 4.78 is 0. The number of carbonyl (C=O) groups excluding carboxylic acids is 1. The van der Waals surface area contributed by atoms with Crippen molar-refractivity contribution in [3.8, 4) is 0 Å². The van der Waals surface area contributed by atoms with Crippen molar-refractivity contribution in [1.82, 2.24) is 4.90 Å². The van der Waals surface area contributed by atoms with Crippen LogP contribution in [-0.2, 0) is 4.79 Å². The minimum absolute atomic E-state index is 0.315. The van der Waals surface area contributed by atoms with Gasteiger partial charge in [0.05, 0.1) is 0 Å². The molecule has 0 aromatic heterocycles. The molecule has 98 valence electrons. The second-order valence-corrected chi connectivity index (χ2v) is 5.89. The maximum absolute atomic E-state index is 12.1. The summed E-state index contributed by atoms with van der Waals surface area (Å²) in [6.07, 6.45) is 0.675. The number of hydrogen-bond acceptors (Lipinski definition) is 1. The molecule has 0 bridgehead atoms. The van der Waals surface area contributed by atoms with E-state index >= 15 is 0 Å². The molecule has 1 aromatic carbocycles. The summed E-state index contributed by atoms with van der Waals surface area (Å²) in [5.41, 5.74) is 1.37. The van der Waals surface area contributed by atoms with E-state index in [9.17, 15) is 4.79 Å². The van der Waals surface area contributed by atoms with Crippen molar-refractivity contribution in [1.29, 1.82) is 0 Å². The van der Waals surface area contributed by atoms with Crippen LogP contribution in [0.25, 0.3) is 0 Å². The number of hydrogen-bond donors (Lipinski definition) is 0. The van der Waals surface area contributed by atoms with Gasteiger partial charge in [-0.1, -0.05) is 51.1 Å². The van der Waals surface area contributed by atoms with E-state index in [-0.39, 0.29) is 0 Å². The van der Waals surface area contributed by atoms with Crippen molar-refractivity contribution in [2.75, 3.05) is 13.1 Å². The van der Waals surface area contributed by atoms with Crippen molar-refractivity contribution in [2.24, 2.45) is 11.8 Å². The van der Waals surface area contributed by atoms with Crippen molar-refractivity contribution in [2.45, 2.75) is 33.1 Å². The first kappa shape index (κ1) is 13.1. The Balaban J connectivity index is 2.03. The normalized spacial score (nSPS) is 23.7. The molecule has 2 heteroatoms. The van der Waals surface area contributed by atoms with E-state index in [1.807, 2.05) is 11.0 Å². The molecule has 2 nitrogen and oxygen atoms in total. The van der Waals surface area contributed by atoms with Gasteiger partial charge in [0.2, 0.25) is 5.91 Å². The SMILES string of the molecule is CC(C)CC(=O)N1CC(C)C(c2ccccc2)C1. The molecule has 0 radical (unpaired) electrons. The Morgan fingerprint density at radius 3 is 2.56 bits per heavy atom. The third-order valence-corrected chi connectivity index (χ3v) is 3.78. The first-order chi connectivity index (χ1) is 8.58. The molecule has 1 saturated heterocycles. The van der Waals surface area contributed by atoms with E-state index in [4.69, 9.17) is 0 Å². The second-order valence-electron chi connectivity index (χ2n) is 5.89. The minimum atomic E-state index is 0.315. The van der Waals surface area contributed by atoms with Crippen LogP contribution in [0.5, 0.6) is 0 Å². The lowest BCUT2D eigenvalue weighted by molar-refractivity contribution is -0.131. The maximum Gasteiger partial charge on any atom is 0.222 e. The molecule has 1 aliphatic rings. The summed E-state index contributed by atoms with van der Waals surface area (Å²) in [5.74, 6) is 1.82. The van der Waals surface area contributed by atoms with Crippen LogP contribution >= 0.6 is 0 Å². The summed E-state index contributed by atoms with van der Waals surface area (Å²) >= 11 is 0. The summed E-state index contributed by atoms with van der Waals surface area (Å²) in [7, 11) is 0. The Kier molecular flexibility index (Phi) is 4.05. The van der Waals surface area contributed by atoms with Crippen LogP contribution in [0.3, 0.4) is 0 Å². The van der Waals surface area contributed by atoms with Gasteiger partial charge in [0, 0.05) is 25.4 Å². The summed E-state index contributed by atoms with van der Waals surface area (Å²) in [4.78, 5) is 14.1. The highest BCUT2D eigenvalue weighted by Crippen LogP contribution is 2.32. The van der Waals surface area contributed by atoms with E-state index in [0.717, 1.165) is 13.1 Å². The highest BCUT2D eigenvalue weighted by molar-refractivity contribution is 5.76. The van der Waals surface area contributed by atoms with Gasteiger partial charge < -0.3 is 4.90 Å². The quantitative estimate of drug-likeness (QED) is 0.800. The number of nitrogens with zero attached hydrogens (tertiary/aromatic N) is 1. The predicted octanol–water partition coefficient (Wildman–Crippen LogP) is 3.29. The molecule has 0 aliphatic carbocycles. The molecule has 2 rings (SSSR count). The highest BCUT2D eigenvalue weighted by atomic mass is 16.2. The van der Waals surface area contributed by atoms with E-state index in [0.29, 0.717) is 30.1 Å². The third kappa shape index (κ3) is 2.92. The standard InChI is InChI=1S/C16H23NO/c1-12(2)9-16(18)17-10-13(3)15(11-17)14-7-5-4-6-8-14/h4-8,12-13,15H,9-11H2,1-3H3. The van der Waals surface area contributed by atoms with Crippen LogP contribution in [0.4, 0.5) is 0 Å². The summed E-state index contributed by atoms with van der Waals surface area (Å²) in [6.45, 7) is 8.25. The molecule has 1 heterocycles. The van der Waals surface area contributed by atoms with E-state index in [2.05, 4.69) is 45.0 Å². The molecule has 0 spiro atoms. The van der Waals surface area contributed by atoms with Crippen molar-refractivity contribution < 1.29 is 4.79 Å². The second kappa shape index (κ2) is 5.55. The first-order valence-electron chi connectivity index (χ1n) is 6.90. The highest BCUT2D eigenvalue weighted by Gasteiger charge is 2.33. The summed E-state index contributed by atoms with van der Waals surface area (Å²) in [6, 6.07) is 10.6. The van der Waals surface area contributed by atoms with Crippen LogP contribution in [-0.4, -0.2) is 23.9 Å². The molecule has 2 unspecified atom stereocenters. The Morgan fingerprint density at radius 1 is 1.28 bits per heavy atom. The Morgan fingerprint density at radius 2 is 1.94 bits per heavy atom. The molecule has 0 saturated carbocycles. The van der Waals surface area contributed by atoms with Gasteiger partial charge in [0.15, 0.2) is 0 Å². The predicted molar refractivity (Wildman–Crippen MR) is 74.4 cm³/mol. The van der Waals surface area contributed by atoms with Crippen molar-refractivity contribution in [3.05, 3.63) is 35.9 Å². The van der Waals surface area contributed by atoms with Gasteiger partial charge in [-0.3, -0.25) is 4.79 Å². The smallest absolute Gasteiger partial charge is 0.222 e. The fraction of sp³-hybridized carbons (Fsp3) is 0.562. The molecular weight excluding hydrogens is 222 g/mol. The molecule has 0 N–H and O–H groups in total. The van der Waals surface area contributed by atoms with Gasteiger partial charge in [-0.2, -0.15) is 0 Å². The Hall–Kier alpha value is -1.31. The van der Waals surface area contributed by atoms with Gasteiger partial charge in [0.1, 0.15) is 0 Å². The number of amides is 1. The van der Waals surface area contributed by atoms with Gasteiger partial charge in [-0.15, -0.1) is 0 Å². The van der Waals surface area contributed by atoms with Crippen molar-refractivity contribution in [3.63, 3.8) is 0 Å². The maximum atomic E-state index is 12.1. The molecule has 1 fully saturated rings. The molecular formula is C16H23NO. The minimum Gasteiger partial charge on any atom is -0.342 e. The Labute approximate surface area is 110 Å². The fourth-order valence-electron chi connectivity index (χ4n) is 2.78. The van der Waals surface area contributed by atoms with Crippen molar-refractivity contribution >= 4 is 5.91 Å². The van der Waals surface area contributed by atoms with E-state index in [1.54, 1.807) is 0 Å². The number of benzene rings is 1. The zero-order valence-corrected chi connectivity index (χ0v) is 11.6. The zero-order chi connectivity index (χ0) is 13.1. The van der Waals surface area contributed by atoms with E-state index < -0.39 is 0 Å². The number of carbonyl (C=O) groups is 1. The first-order valence-corrected chi connectivity index (χ1v) is 6.90. The fourth-order valence-corrected chi connectivity index (χ4v) is 2.78. The van der Waals surface area contributed by atoms with Crippen LogP contribution in [0.15, 0.2) is 30.3 Å². The lowest BCUT2D eigenvalue weighted by Gasteiger charge is -2.17. The average molecular weight is 245 g/mol. The molecule has 1 aromatic rings. The van der Waals surface area contributed by atoms with Gasteiger partial charge in [-0.05, 0) is 17.4 Å². The molecule has 18 heavy (non-hydrogen) atoms. The van der Waals surface area contributed by atoms with Gasteiger partial charge >= 0.3 is 0 Å². The Bertz CT molecular complexity index is 399. The van der Waals surface area contributed by atoms with Crippen LogP contribution < -0.4 is 0 Å². The third-order valence-electron chi connectivity index (χ3n) is 3.78. The van der Waals surface area contributed by atoms with Crippen LogP contribution in [0.2, 0.25) is 0 Å². The van der Waals surface area contributed by atoms with Crippen LogP contribution in [0, 0.1) is 11.8 Å². The monoisotopic (exact) mass is 245 g/mol. The molecule has 1 amide bonds. The van der Waals surface area contributed by atoms with Gasteiger partial charge in [0.25, 0.3) is 0 Å². The van der Waals surface area contributed by atoms with E-state index in [1.165, 1.54) is 5.56 Å². The lowest BCUT2D eigenvalue weighted by atomic mass is 9.90. The lowest BCUT2D eigenvalue weighted by Crippen LogP contribution is -2.29. The topological polar surface area (TPSA) is 20.3 Å². The molecule has 2 atom stereocenters. The zero-order valence-electron chi connectivity index (χ0n) is 11.6. The van der Waals surface area contributed by atoms with Crippen LogP contribution in [0.1, 0.15) is 38.7 Å². The largest absolute Gasteiger partial charge is 0.342 e. The number of likely N-dealkylation sites (tertiary alicyclic amines) is 1. The summed E-state index contributed by atoms with van der Waals surface area (Å²) in [5, 5.41) is 0. The number of rotatable bonds is 3. The van der Waals surface area contributed by atoms with Gasteiger partial charge in [-0.25, -0.2) is 0 Å². The molecule has 1 aliphatic heterocycles.